The molecule has 2 fully saturated rings. The Balaban J connectivity index is 1.37. The molecule has 0 bridgehead atoms. The lowest BCUT2D eigenvalue weighted by molar-refractivity contribution is -0.132. The highest BCUT2D eigenvalue weighted by Gasteiger charge is 2.36. The molecule has 1 aromatic heterocycles. The number of hydrogen-bond acceptors (Lipinski definition) is 5. The molecule has 2 aromatic rings. The van der Waals surface area contributed by atoms with E-state index in [9.17, 15) is 4.79 Å². The van der Waals surface area contributed by atoms with Crippen LogP contribution in [-0.4, -0.2) is 44.9 Å². The normalized spacial score (nSPS) is 27.5. The fraction of sp³-hybridized carbons (Fsp3) is 0.438. The van der Waals surface area contributed by atoms with Gasteiger partial charge in [0.15, 0.2) is 0 Å². The van der Waals surface area contributed by atoms with E-state index in [1.165, 1.54) is 5.56 Å². The summed E-state index contributed by atoms with van der Waals surface area (Å²) < 4.78 is 1.85. The molecular weight excluding hydrogens is 292 g/mol. The molecule has 2 saturated heterocycles. The molecule has 3 atom stereocenters. The van der Waals surface area contributed by atoms with Gasteiger partial charge in [-0.3, -0.25) is 4.79 Å². The Bertz CT molecular complexity index is 658. The van der Waals surface area contributed by atoms with Crippen molar-refractivity contribution in [1.82, 2.24) is 30.7 Å². The Morgan fingerprint density at radius 2 is 2.09 bits per heavy atom. The van der Waals surface area contributed by atoms with Gasteiger partial charge in [0.1, 0.15) is 6.04 Å². The highest BCUT2D eigenvalue weighted by molar-refractivity contribution is 5.82. The van der Waals surface area contributed by atoms with Gasteiger partial charge in [0.25, 0.3) is 0 Å². The van der Waals surface area contributed by atoms with Crippen molar-refractivity contribution < 1.29 is 4.79 Å². The van der Waals surface area contributed by atoms with Crippen LogP contribution in [0, 0.1) is 0 Å². The summed E-state index contributed by atoms with van der Waals surface area (Å²) in [5.74, 6) is 0.165. The standard InChI is InChI=1S/C16H20N6O/c23-16(21-8-6-13(11-21)22-9-7-17-20-22)15-10-14(18-19-15)12-4-2-1-3-5-12/h1-5,7,9,13-15,18-19H,6,8,10-11H2. The van der Waals surface area contributed by atoms with Crippen LogP contribution in [-0.2, 0) is 4.79 Å². The summed E-state index contributed by atoms with van der Waals surface area (Å²) in [6, 6.07) is 10.5. The van der Waals surface area contributed by atoms with E-state index in [0.717, 1.165) is 19.4 Å². The van der Waals surface area contributed by atoms with Crippen LogP contribution in [0.15, 0.2) is 42.7 Å². The summed E-state index contributed by atoms with van der Waals surface area (Å²) in [5, 5.41) is 7.89. The molecular formula is C16H20N6O. The number of amides is 1. The maximum absolute atomic E-state index is 12.7. The second-order valence-corrected chi connectivity index (χ2v) is 6.15. The molecule has 2 N–H and O–H groups in total. The smallest absolute Gasteiger partial charge is 0.241 e. The zero-order valence-corrected chi connectivity index (χ0v) is 12.8. The number of benzene rings is 1. The molecule has 1 amide bonds. The highest BCUT2D eigenvalue weighted by Crippen LogP contribution is 2.26. The average Bonchev–Trinajstić information content (AvgIpc) is 3.35. The van der Waals surface area contributed by atoms with Gasteiger partial charge in [0.2, 0.25) is 5.91 Å². The van der Waals surface area contributed by atoms with Gasteiger partial charge in [-0.1, -0.05) is 35.5 Å². The molecule has 4 rings (SSSR count). The predicted molar refractivity (Wildman–Crippen MR) is 84.1 cm³/mol. The zero-order chi connectivity index (χ0) is 15.6. The number of hydrogen-bond donors (Lipinski definition) is 2. The van der Waals surface area contributed by atoms with Crippen LogP contribution in [0.5, 0.6) is 0 Å². The van der Waals surface area contributed by atoms with E-state index >= 15 is 0 Å². The molecule has 0 spiro atoms. The first-order valence-corrected chi connectivity index (χ1v) is 8.02. The van der Waals surface area contributed by atoms with Gasteiger partial charge >= 0.3 is 0 Å². The van der Waals surface area contributed by atoms with E-state index in [2.05, 4.69) is 33.3 Å². The second kappa shape index (κ2) is 6.10. The summed E-state index contributed by atoms with van der Waals surface area (Å²) in [4.78, 5) is 14.6. The SMILES string of the molecule is O=C(C1CC(c2ccccc2)NN1)N1CCC(n2ccnn2)C1. The Hall–Kier alpha value is -2.25. The first-order chi connectivity index (χ1) is 11.3. The van der Waals surface area contributed by atoms with Gasteiger partial charge < -0.3 is 4.90 Å². The number of carbonyl (C=O) groups excluding carboxylic acids is 1. The minimum absolute atomic E-state index is 0.165. The summed E-state index contributed by atoms with van der Waals surface area (Å²) >= 11 is 0. The van der Waals surface area contributed by atoms with Crippen molar-refractivity contribution in [2.75, 3.05) is 13.1 Å². The Labute approximate surface area is 134 Å². The van der Waals surface area contributed by atoms with Gasteiger partial charge in [0, 0.05) is 25.3 Å². The van der Waals surface area contributed by atoms with E-state index in [1.54, 1.807) is 6.20 Å². The topological polar surface area (TPSA) is 75.1 Å². The molecule has 120 valence electrons. The van der Waals surface area contributed by atoms with Crippen LogP contribution in [0.2, 0.25) is 0 Å². The average molecular weight is 312 g/mol. The minimum Gasteiger partial charge on any atom is -0.339 e. The number of nitrogens with one attached hydrogen (secondary N) is 2. The van der Waals surface area contributed by atoms with Crippen molar-refractivity contribution in [1.29, 1.82) is 0 Å². The molecule has 0 aliphatic carbocycles. The molecule has 0 saturated carbocycles. The molecule has 2 aliphatic rings. The second-order valence-electron chi connectivity index (χ2n) is 6.15. The number of likely N-dealkylation sites (tertiary alicyclic amines) is 1. The fourth-order valence-electron chi connectivity index (χ4n) is 3.41. The molecule has 2 aliphatic heterocycles. The van der Waals surface area contributed by atoms with Gasteiger partial charge in [-0.25, -0.2) is 15.5 Å². The quantitative estimate of drug-likeness (QED) is 0.871. The fourth-order valence-corrected chi connectivity index (χ4v) is 3.41. The largest absolute Gasteiger partial charge is 0.339 e. The highest BCUT2D eigenvalue weighted by atomic mass is 16.2. The number of aromatic nitrogens is 3. The predicted octanol–water partition coefficient (Wildman–Crippen LogP) is 0.659. The minimum atomic E-state index is -0.172. The van der Waals surface area contributed by atoms with Gasteiger partial charge in [-0.2, -0.15) is 0 Å². The summed E-state index contributed by atoms with van der Waals surface area (Å²) in [6.45, 7) is 1.48. The Morgan fingerprint density at radius 1 is 1.22 bits per heavy atom. The molecule has 7 nitrogen and oxygen atoms in total. The maximum Gasteiger partial charge on any atom is 0.241 e. The lowest BCUT2D eigenvalue weighted by Gasteiger charge is -2.20. The van der Waals surface area contributed by atoms with Gasteiger partial charge in [0.05, 0.1) is 12.2 Å². The number of hydrazine groups is 1. The van der Waals surface area contributed by atoms with E-state index in [-0.39, 0.29) is 24.0 Å². The molecule has 23 heavy (non-hydrogen) atoms. The van der Waals surface area contributed by atoms with Crippen molar-refractivity contribution in [2.45, 2.75) is 31.0 Å². The summed E-state index contributed by atoms with van der Waals surface area (Å²) in [6.07, 6.45) is 5.24. The van der Waals surface area contributed by atoms with Crippen LogP contribution in [0.3, 0.4) is 0 Å². The third-order valence-corrected chi connectivity index (χ3v) is 4.69. The van der Waals surface area contributed by atoms with Crippen molar-refractivity contribution >= 4 is 5.91 Å². The summed E-state index contributed by atoms with van der Waals surface area (Å²) in [5.41, 5.74) is 7.60. The summed E-state index contributed by atoms with van der Waals surface area (Å²) in [7, 11) is 0. The van der Waals surface area contributed by atoms with E-state index in [0.29, 0.717) is 6.54 Å². The molecule has 7 heteroatoms. The maximum atomic E-state index is 12.7. The lowest BCUT2D eigenvalue weighted by Crippen LogP contribution is -2.44. The third-order valence-electron chi connectivity index (χ3n) is 4.69. The molecule has 1 aromatic carbocycles. The van der Waals surface area contributed by atoms with Crippen LogP contribution in [0.4, 0.5) is 0 Å². The van der Waals surface area contributed by atoms with Gasteiger partial charge in [-0.05, 0) is 18.4 Å². The van der Waals surface area contributed by atoms with E-state index < -0.39 is 0 Å². The number of rotatable bonds is 3. The Morgan fingerprint density at radius 3 is 2.87 bits per heavy atom. The van der Waals surface area contributed by atoms with Crippen LogP contribution >= 0.6 is 0 Å². The molecule has 0 radical (unpaired) electrons. The van der Waals surface area contributed by atoms with Crippen LogP contribution < -0.4 is 10.9 Å². The van der Waals surface area contributed by atoms with Crippen LogP contribution in [0.25, 0.3) is 0 Å². The van der Waals surface area contributed by atoms with E-state index in [1.807, 2.05) is 34.0 Å². The number of nitrogens with zero attached hydrogens (tertiary/aromatic N) is 4. The van der Waals surface area contributed by atoms with Crippen molar-refractivity contribution in [3.05, 3.63) is 48.3 Å². The lowest BCUT2D eigenvalue weighted by atomic mass is 10.0. The first kappa shape index (κ1) is 14.3. The van der Waals surface area contributed by atoms with Gasteiger partial charge in [-0.15, -0.1) is 5.10 Å². The Kier molecular flexibility index (Phi) is 3.80. The van der Waals surface area contributed by atoms with Crippen molar-refractivity contribution in [3.8, 4) is 0 Å². The zero-order valence-electron chi connectivity index (χ0n) is 12.8. The number of carbonyl (C=O) groups is 1. The van der Waals surface area contributed by atoms with Crippen molar-refractivity contribution in [2.24, 2.45) is 0 Å². The molecule has 3 unspecified atom stereocenters. The third kappa shape index (κ3) is 2.85. The monoisotopic (exact) mass is 312 g/mol. The first-order valence-electron chi connectivity index (χ1n) is 8.02. The van der Waals surface area contributed by atoms with Crippen molar-refractivity contribution in [3.63, 3.8) is 0 Å². The van der Waals surface area contributed by atoms with Crippen LogP contribution in [0.1, 0.15) is 30.5 Å². The van der Waals surface area contributed by atoms with E-state index in [4.69, 9.17) is 0 Å². The molecule has 3 heterocycles.